The summed E-state index contributed by atoms with van der Waals surface area (Å²) in [7, 11) is 0. The molecule has 0 radical (unpaired) electrons. The molecule has 0 spiro atoms. The normalized spacial score (nSPS) is 12.4. The van der Waals surface area contributed by atoms with Crippen molar-refractivity contribution in [1.82, 2.24) is 0 Å². The Hall–Kier alpha value is 0.913. The van der Waals surface area contributed by atoms with Crippen molar-refractivity contribution in [2.45, 2.75) is 38.1 Å². The minimum Gasteiger partial charge on any atom is -0.147 e. The molecule has 0 saturated heterocycles. The Bertz CT molecular complexity index is 48.2. The van der Waals surface area contributed by atoms with Gasteiger partial charge in [0.2, 0.25) is 0 Å². The third-order valence-electron chi connectivity index (χ3n) is 1.54. The van der Waals surface area contributed by atoms with Crippen molar-refractivity contribution in [2.75, 3.05) is 0 Å². The van der Waals surface area contributed by atoms with Gasteiger partial charge in [0, 0.05) is 0 Å². The maximum Gasteiger partial charge on any atom is -0.147 e. The van der Waals surface area contributed by atoms with E-state index in [-0.39, 0.29) is 12.4 Å². The minimum absolute atomic E-state index is 0. The van der Waals surface area contributed by atoms with Gasteiger partial charge in [-0.3, -0.25) is 0 Å². The quantitative estimate of drug-likeness (QED) is 0.612. The number of rotatable bonds is 4. The van der Waals surface area contributed by atoms with Crippen molar-refractivity contribution in [3.05, 3.63) is 0 Å². The van der Waals surface area contributed by atoms with Crippen molar-refractivity contribution in [1.29, 1.82) is 0 Å². The van der Waals surface area contributed by atoms with Gasteiger partial charge >= 0.3 is 62.3 Å². The average Bonchev–Trinajstić information content (AvgIpc) is 1.83. The first-order chi connectivity index (χ1) is 3.81. The maximum absolute atomic E-state index is 2.36. The average molecular weight is 201 g/mol. The van der Waals surface area contributed by atoms with E-state index in [0.717, 1.165) is 5.92 Å². The summed E-state index contributed by atoms with van der Waals surface area (Å²) in [6.07, 6.45) is 4.25. The van der Waals surface area contributed by atoms with E-state index in [9.17, 15) is 0 Å². The molecule has 0 heterocycles. The van der Waals surface area contributed by atoms with Crippen LogP contribution in [0, 0.1) is 5.92 Å². The summed E-state index contributed by atoms with van der Waals surface area (Å²) in [6, 6.07) is 0. The molecule has 0 saturated carbocycles. The summed E-state index contributed by atoms with van der Waals surface area (Å²) < 4.78 is 0. The first-order valence-corrected chi connectivity index (χ1v) is 5.70. The SMILES string of the molecule is CCCCC(C)[CH2][Zn].Cl. The third kappa shape index (κ3) is 8.91. The van der Waals surface area contributed by atoms with E-state index >= 15 is 0 Å². The Morgan fingerprint density at radius 3 is 2.33 bits per heavy atom. The Morgan fingerprint density at radius 2 is 2.00 bits per heavy atom. The molecular weight excluding hydrogens is 185 g/mol. The number of unbranched alkanes of at least 4 members (excludes halogenated alkanes) is 1. The molecule has 0 aliphatic carbocycles. The van der Waals surface area contributed by atoms with E-state index in [1.54, 1.807) is 0 Å². The van der Waals surface area contributed by atoms with Gasteiger partial charge in [-0.25, -0.2) is 0 Å². The molecule has 0 bridgehead atoms. The molecule has 0 amide bonds. The summed E-state index contributed by atoms with van der Waals surface area (Å²) in [4.78, 5) is 0. The van der Waals surface area contributed by atoms with E-state index in [2.05, 4.69) is 13.8 Å². The molecule has 0 fully saturated rings. The topological polar surface area (TPSA) is 0 Å². The molecule has 1 unspecified atom stereocenters. The molecule has 2 heteroatoms. The van der Waals surface area contributed by atoms with Crippen LogP contribution in [0.5, 0.6) is 0 Å². The first kappa shape index (κ1) is 12.6. The summed E-state index contributed by atoms with van der Waals surface area (Å²) in [5, 5.41) is 1.47. The number of halogens is 1. The van der Waals surface area contributed by atoms with Gasteiger partial charge < -0.3 is 0 Å². The molecule has 0 aromatic heterocycles. The van der Waals surface area contributed by atoms with Crippen LogP contribution in [0.3, 0.4) is 0 Å². The fourth-order valence-electron chi connectivity index (χ4n) is 0.697. The number of hydrogen-bond acceptors (Lipinski definition) is 0. The zero-order valence-electron chi connectivity index (χ0n) is 6.52. The fraction of sp³-hybridized carbons (Fsp3) is 1.00. The van der Waals surface area contributed by atoms with Crippen LogP contribution in [0.4, 0.5) is 0 Å². The molecule has 1 atom stereocenters. The van der Waals surface area contributed by atoms with Gasteiger partial charge in [-0.05, 0) is 0 Å². The van der Waals surface area contributed by atoms with Crippen LogP contribution in [0.15, 0.2) is 0 Å². The van der Waals surface area contributed by atoms with Crippen LogP contribution < -0.4 is 0 Å². The van der Waals surface area contributed by atoms with Gasteiger partial charge in [-0.1, -0.05) is 0 Å². The monoisotopic (exact) mass is 199 g/mol. The van der Waals surface area contributed by atoms with Crippen molar-refractivity contribution in [3.8, 4) is 0 Å². The molecule has 0 aromatic rings. The molecule has 9 heavy (non-hydrogen) atoms. The molecule has 53 valence electrons. The zero-order chi connectivity index (χ0) is 6.41. The van der Waals surface area contributed by atoms with E-state index in [1.807, 2.05) is 0 Å². The van der Waals surface area contributed by atoms with Crippen LogP contribution in [0.25, 0.3) is 0 Å². The van der Waals surface area contributed by atoms with Gasteiger partial charge in [0.1, 0.15) is 0 Å². The van der Waals surface area contributed by atoms with Gasteiger partial charge in [0.25, 0.3) is 0 Å². The standard InChI is InChI=1S/C7H15.ClH.Zn/c1-4-5-6-7(2)3;;/h7H,2,4-6H2,1,3H3;1H;. The predicted molar refractivity (Wildman–Crippen MR) is 40.7 cm³/mol. The van der Waals surface area contributed by atoms with Crippen LogP contribution in [0.2, 0.25) is 5.02 Å². The van der Waals surface area contributed by atoms with Crippen molar-refractivity contribution < 1.29 is 18.3 Å². The fourth-order valence-corrected chi connectivity index (χ4v) is 1.30. The Morgan fingerprint density at radius 1 is 1.44 bits per heavy atom. The summed E-state index contributed by atoms with van der Waals surface area (Å²) in [6.45, 7) is 4.62. The Kier molecular flexibility index (Phi) is 12.5. The second kappa shape index (κ2) is 8.91. The van der Waals surface area contributed by atoms with Crippen molar-refractivity contribution in [3.63, 3.8) is 0 Å². The molecule has 0 N–H and O–H groups in total. The van der Waals surface area contributed by atoms with Crippen molar-refractivity contribution >= 4 is 12.4 Å². The van der Waals surface area contributed by atoms with E-state index in [4.69, 9.17) is 0 Å². The third-order valence-corrected chi connectivity index (χ3v) is 3.61. The first-order valence-electron chi connectivity index (χ1n) is 3.60. The van der Waals surface area contributed by atoms with Gasteiger partial charge in [0.05, 0.1) is 0 Å². The van der Waals surface area contributed by atoms with E-state index in [1.165, 1.54) is 42.6 Å². The van der Waals surface area contributed by atoms with Crippen LogP contribution in [0.1, 0.15) is 33.1 Å². The maximum atomic E-state index is 2.36. The van der Waals surface area contributed by atoms with Crippen LogP contribution >= 0.6 is 12.4 Å². The summed E-state index contributed by atoms with van der Waals surface area (Å²) in [5.74, 6) is 1.01. The summed E-state index contributed by atoms with van der Waals surface area (Å²) in [5.41, 5.74) is 0. The van der Waals surface area contributed by atoms with Crippen LogP contribution in [-0.4, -0.2) is 0 Å². The zero-order valence-corrected chi connectivity index (χ0v) is 10.3. The van der Waals surface area contributed by atoms with E-state index < -0.39 is 0 Å². The molecule has 0 rings (SSSR count). The summed E-state index contributed by atoms with van der Waals surface area (Å²) >= 11 is 1.48. The van der Waals surface area contributed by atoms with Crippen LogP contribution in [-0.2, 0) is 18.3 Å². The Balaban J connectivity index is 0. The molecule has 0 nitrogen and oxygen atoms in total. The number of hydrogen-bond donors (Lipinski definition) is 0. The molecule has 0 aliphatic heterocycles. The smallest absolute Gasteiger partial charge is 0.147 e. The molecule has 0 aliphatic rings. The predicted octanol–water partition coefficient (Wildman–Crippen LogP) is 3.20. The minimum atomic E-state index is 0. The van der Waals surface area contributed by atoms with Crippen molar-refractivity contribution in [2.24, 2.45) is 5.92 Å². The largest absolute Gasteiger partial charge is 0.147 e. The van der Waals surface area contributed by atoms with Gasteiger partial charge in [0.15, 0.2) is 0 Å². The van der Waals surface area contributed by atoms with E-state index in [0.29, 0.717) is 0 Å². The molecule has 0 aromatic carbocycles. The second-order valence-electron chi connectivity index (χ2n) is 2.54. The molecular formula is C7H16ClZn. The van der Waals surface area contributed by atoms with Gasteiger partial charge in [-0.15, -0.1) is 12.4 Å². The second-order valence-corrected chi connectivity index (χ2v) is 3.75. The van der Waals surface area contributed by atoms with Gasteiger partial charge in [-0.2, -0.15) is 0 Å². The Labute approximate surface area is 74.9 Å².